The van der Waals surface area contributed by atoms with Crippen molar-refractivity contribution in [3.8, 4) is 0 Å². The van der Waals surface area contributed by atoms with Gasteiger partial charge in [-0.15, -0.1) is 0 Å². The Labute approximate surface area is 82.9 Å². The van der Waals surface area contributed by atoms with Crippen LogP contribution in [0.3, 0.4) is 0 Å². The van der Waals surface area contributed by atoms with Gasteiger partial charge in [-0.05, 0) is 18.2 Å². The minimum atomic E-state index is 0.656. The highest BCUT2D eigenvalue weighted by atomic mass is 32.2. The SMILES string of the molecule is C1=CC2C(CCC3NCNC32)NS1. The monoisotopic (exact) mass is 197 g/mol. The topological polar surface area (TPSA) is 36.1 Å². The van der Waals surface area contributed by atoms with E-state index in [1.807, 2.05) is 0 Å². The lowest BCUT2D eigenvalue weighted by Gasteiger charge is -2.39. The summed E-state index contributed by atoms with van der Waals surface area (Å²) in [6.07, 6.45) is 4.97. The maximum absolute atomic E-state index is 3.55. The molecule has 0 radical (unpaired) electrons. The predicted molar refractivity (Wildman–Crippen MR) is 55.1 cm³/mol. The Hall–Kier alpha value is -0.0300. The molecule has 0 bridgehead atoms. The molecule has 0 spiro atoms. The van der Waals surface area contributed by atoms with E-state index in [4.69, 9.17) is 0 Å². The Morgan fingerprint density at radius 2 is 2.08 bits per heavy atom. The van der Waals surface area contributed by atoms with Gasteiger partial charge in [-0.1, -0.05) is 18.0 Å². The number of nitrogens with one attached hydrogen (secondary N) is 3. The van der Waals surface area contributed by atoms with Crippen molar-refractivity contribution in [1.82, 2.24) is 15.4 Å². The van der Waals surface area contributed by atoms with Gasteiger partial charge in [-0.25, -0.2) is 0 Å². The lowest BCUT2D eigenvalue weighted by molar-refractivity contribution is 0.261. The first-order valence-corrected chi connectivity index (χ1v) is 5.88. The molecular formula is C9H15N3S. The zero-order valence-electron chi connectivity index (χ0n) is 7.49. The summed E-state index contributed by atoms with van der Waals surface area (Å²) in [7, 11) is 0. The van der Waals surface area contributed by atoms with Gasteiger partial charge in [0.1, 0.15) is 0 Å². The molecule has 4 heteroatoms. The summed E-state index contributed by atoms with van der Waals surface area (Å²) in [5, 5.41) is 9.24. The highest BCUT2D eigenvalue weighted by Gasteiger charge is 2.41. The summed E-state index contributed by atoms with van der Waals surface area (Å²) in [4.78, 5) is 0. The van der Waals surface area contributed by atoms with Crippen LogP contribution in [0.2, 0.25) is 0 Å². The van der Waals surface area contributed by atoms with Gasteiger partial charge >= 0.3 is 0 Å². The van der Waals surface area contributed by atoms with Crippen molar-refractivity contribution < 1.29 is 0 Å². The van der Waals surface area contributed by atoms with Crippen LogP contribution in [-0.4, -0.2) is 24.8 Å². The molecular weight excluding hydrogens is 182 g/mol. The average molecular weight is 197 g/mol. The van der Waals surface area contributed by atoms with Crippen molar-refractivity contribution in [2.45, 2.75) is 31.0 Å². The molecule has 4 atom stereocenters. The molecule has 3 N–H and O–H groups in total. The van der Waals surface area contributed by atoms with Gasteiger partial charge in [0.25, 0.3) is 0 Å². The molecule has 3 rings (SSSR count). The minimum Gasteiger partial charge on any atom is -0.300 e. The number of hydrogen-bond acceptors (Lipinski definition) is 4. The van der Waals surface area contributed by atoms with E-state index in [0.717, 1.165) is 6.67 Å². The normalized spacial score (nSPS) is 48.6. The maximum Gasteiger partial charge on any atom is 0.0459 e. The van der Waals surface area contributed by atoms with Crippen LogP contribution in [0.25, 0.3) is 0 Å². The molecule has 13 heavy (non-hydrogen) atoms. The molecule has 1 saturated heterocycles. The number of fused-ring (bicyclic) bond motifs is 3. The van der Waals surface area contributed by atoms with E-state index in [9.17, 15) is 0 Å². The van der Waals surface area contributed by atoms with E-state index < -0.39 is 0 Å². The summed E-state index contributed by atoms with van der Waals surface area (Å²) in [6.45, 7) is 0.986. The van der Waals surface area contributed by atoms with Crippen molar-refractivity contribution in [1.29, 1.82) is 0 Å². The van der Waals surface area contributed by atoms with Gasteiger partial charge in [0.15, 0.2) is 0 Å². The molecule has 2 aliphatic heterocycles. The van der Waals surface area contributed by atoms with Crippen molar-refractivity contribution >= 4 is 11.9 Å². The zero-order valence-corrected chi connectivity index (χ0v) is 8.31. The van der Waals surface area contributed by atoms with Crippen molar-refractivity contribution in [2.75, 3.05) is 6.67 Å². The Morgan fingerprint density at radius 3 is 3.08 bits per heavy atom. The summed E-state index contributed by atoms with van der Waals surface area (Å²) >= 11 is 1.74. The second-order valence-corrected chi connectivity index (χ2v) is 4.79. The molecule has 72 valence electrons. The molecule has 1 aliphatic carbocycles. The molecule has 2 fully saturated rings. The lowest BCUT2D eigenvalue weighted by atomic mass is 9.78. The minimum absolute atomic E-state index is 0.656. The molecule has 3 nitrogen and oxygen atoms in total. The molecule has 2 heterocycles. The van der Waals surface area contributed by atoms with E-state index in [1.165, 1.54) is 12.8 Å². The van der Waals surface area contributed by atoms with Gasteiger partial charge in [0.05, 0.1) is 0 Å². The van der Waals surface area contributed by atoms with Crippen molar-refractivity contribution in [3.05, 3.63) is 11.5 Å². The smallest absolute Gasteiger partial charge is 0.0459 e. The van der Waals surface area contributed by atoms with E-state index in [1.54, 1.807) is 11.9 Å². The fourth-order valence-electron chi connectivity index (χ4n) is 2.71. The van der Waals surface area contributed by atoms with Crippen LogP contribution in [-0.2, 0) is 0 Å². The molecule has 0 aromatic carbocycles. The molecule has 1 saturated carbocycles. The van der Waals surface area contributed by atoms with Crippen molar-refractivity contribution in [2.24, 2.45) is 5.92 Å². The second kappa shape index (κ2) is 3.28. The standard InChI is InChI=1S/C9H15N3S/c1-2-8-9(11-5-10-8)6-3-4-13-12-7(1)6/h3-4,6-12H,1-2,5H2. The Bertz CT molecular complexity index is 231. The van der Waals surface area contributed by atoms with Gasteiger partial charge in [0.2, 0.25) is 0 Å². The Kier molecular flexibility index (Phi) is 2.09. The highest BCUT2D eigenvalue weighted by Crippen LogP contribution is 2.32. The summed E-state index contributed by atoms with van der Waals surface area (Å²) < 4.78 is 3.50. The fourth-order valence-corrected chi connectivity index (χ4v) is 3.50. The van der Waals surface area contributed by atoms with Gasteiger partial charge in [-0.3, -0.25) is 10.0 Å². The number of rotatable bonds is 0. The van der Waals surface area contributed by atoms with E-state index in [-0.39, 0.29) is 0 Å². The van der Waals surface area contributed by atoms with E-state index >= 15 is 0 Å². The maximum atomic E-state index is 3.55. The van der Waals surface area contributed by atoms with Crippen LogP contribution in [0.5, 0.6) is 0 Å². The van der Waals surface area contributed by atoms with E-state index in [0.29, 0.717) is 24.0 Å². The molecule has 0 aromatic heterocycles. The molecule has 3 aliphatic rings. The third kappa shape index (κ3) is 1.32. The Morgan fingerprint density at radius 1 is 1.15 bits per heavy atom. The van der Waals surface area contributed by atoms with Gasteiger partial charge in [0, 0.05) is 30.7 Å². The molecule has 0 amide bonds. The summed E-state index contributed by atoms with van der Waals surface area (Å²) in [5.74, 6) is 0.690. The van der Waals surface area contributed by atoms with Crippen LogP contribution < -0.4 is 15.4 Å². The third-order valence-electron chi connectivity index (χ3n) is 3.39. The van der Waals surface area contributed by atoms with Crippen LogP contribution in [0.1, 0.15) is 12.8 Å². The third-order valence-corrected chi connectivity index (χ3v) is 4.12. The Balaban J connectivity index is 1.84. The molecule has 4 unspecified atom stereocenters. The van der Waals surface area contributed by atoms with Crippen molar-refractivity contribution in [3.63, 3.8) is 0 Å². The van der Waals surface area contributed by atoms with E-state index in [2.05, 4.69) is 26.8 Å². The first-order chi connectivity index (χ1) is 6.45. The number of hydrogen-bond donors (Lipinski definition) is 3. The summed E-state index contributed by atoms with van der Waals surface area (Å²) in [6, 6.07) is 2.04. The highest BCUT2D eigenvalue weighted by molar-refractivity contribution is 8.00. The quantitative estimate of drug-likeness (QED) is 0.492. The predicted octanol–water partition coefficient (Wildman–Crippen LogP) is 0.418. The lowest BCUT2D eigenvalue weighted by Crippen LogP contribution is -2.52. The van der Waals surface area contributed by atoms with Crippen LogP contribution >= 0.6 is 11.9 Å². The van der Waals surface area contributed by atoms with Crippen LogP contribution in [0.15, 0.2) is 11.5 Å². The average Bonchev–Trinajstić information content (AvgIpc) is 2.65. The fraction of sp³-hybridized carbons (Fsp3) is 0.778. The molecule has 0 aromatic rings. The zero-order chi connectivity index (χ0) is 8.67. The van der Waals surface area contributed by atoms with Crippen LogP contribution in [0.4, 0.5) is 0 Å². The second-order valence-electron chi connectivity index (χ2n) is 4.04. The van der Waals surface area contributed by atoms with Gasteiger partial charge < -0.3 is 5.32 Å². The first-order valence-electron chi connectivity index (χ1n) is 5.00. The van der Waals surface area contributed by atoms with Gasteiger partial charge in [-0.2, -0.15) is 0 Å². The first kappa shape index (κ1) is 8.29. The largest absolute Gasteiger partial charge is 0.300 e. The van der Waals surface area contributed by atoms with Crippen LogP contribution in [0, 0.1) is 5.92 Å². The summed E-state index contributed by atoms with van der Waals surface area (Å²) in [5.41, 5.74) is 0.